The van der Waals surface area contributed by atoms with Gasteiger partial charge in [0, 0.05) is 30.7 Å². The first-order chi connectivity index (χ1) is 15.7. The van der Waals surface area contributed by atoms with Crippen LogP contribution in [0.3, 0.4) is 0 Å². The fourth-order valence-electron chi connectivity index (χ4n) is 4.38. The van der Waals surface area contributed by atoms with Crippen LogP contribution < -0.4 is 5.32 Å². The molecule has 4 heteroatoms. The van der Waals surface area contributed by atoms with Crippen molar-refractivity contribution >= 4 is 6.09 Å². The molecule has 4 rings (SSSR count). The van der Waals surface area contributed by atoms with Crippen molar-refractivity contribution in [2.24, 2.45) is 0 Å². The molecule has 0 atom stereocenters. The number of piperidine rings is 1. The molecule has 1 amide bonds. The van der Waals surface area contributed by atoms with E-state index in [2.05, 4.69) is 48.3 Å². The Kier molecular flexibility index (Phi) is 6.90. The maximum atomic E-state index is 12.7. The minimum atomic E-state index is -0.252. The molecular formula is C28H30N2O2. The Bertz CT molecular complexity index is 1010. The van der Waals surface area contributed by atoms with Crippen molar-refractivity contribution in [1.82, 2.24) is 10.2 Å². The summed E-state index contributed by atoms with van der Waals surface area (Å²) in [5.41, 5.74) is 4.24. The van der Waals surface area contributed by atoms with Gasteiger partial charge in [-0.2, -0.15) is 0 Å². The molecule has 32 heavy (non-hydrogen) atoms. The molecule has 1 N–H and O–H groups in total. The maximum absolute atomic E-state index is 12.7. The maximum Gasteiger partial charge on any atom is 0.410 e. The van der Waals surface area contributed by atoms with E-state index in [-0.39, 0.29) is 11.5 Å². The lowest BCUT2D eigenvalue weighted by Gasteiger charge is -2.43. The Balaban J connectivity index is 1.42. The quantitative estimate of drug-likeness (QED) is 0.530. The third-order valence-corrected chi connectivity index (χ3v) is 6.33. The summed E-state index contributed by atoms with van der Waals surface area (Å²) in [7, 11) is 0. The van der Waals surface area contributed by atoms with E-state index in [9.17, 15) is 4.79 Å². The minimum absolute atomic E-state index is 0.216. The van der Waals surface area contributed by atoms with Crippen molar-refractivity contribution < 1.29 is 9.53 Å². The van der Waals surface area contributed by atoms with Crippen LogP contribution in [0, 0.1) is 0 Å². The number of nitrogens with zero attached hydrogens (tertiary/aromatic N) is 1. The van der Waals surface area contributed by atoms with Gasteiger partial charge in [-0.05, 0) is 29.5 Å². The lowest BCUT2D eigenvalue weighted by atomic mass is 9.70. The van der Waals surface area contributed by atoms with Gasteiger partial charge in [-0.25, -0.2) is 4.79 Å². The second-order valence-corrected chi connectivity index (χ2v) is 8.29. The third-order valence-electron chi connectivity index (χ3n) is 6.33. The van der Waals surface area contributed by atoms with Gasteiger partial charge in [0.25, 0.3) is 0 Å². The molecule has 4 nitrogen and oxygen atoms in total. The lowest BCUT2D eigenvalue weighted by Crippen LogP contribution is -2.48. The Morgan fingerprint density at radius 3 is 1.97 bits per heavy atom. The summed E-state index contributed by atoms with van der Waals surface area (Å²) >= 11 is 0. The molecular weight excluding hydrogens is 396 g/mol. The Morgan fingerprint density at radius 2 is 1.38 bits per heavy atom. The van der Waals surface area contributed by atoms with Crippen LogP contribution >= 0.6 is 0 Å². The molecule has 1 aliphatic heterocycles. The van der Waals surface area contributed by atoms with Gasteiger partial charge in [0.15, 0.2) is 0 Å². The van der Waals surface area contributed by atoms with E-state index in [1.54, 1.807) is 0 Å². The number of benzene rings is 3. The largest absolute Gasteiger partial charge is 0.445 e. The number of ether oxygens (including phenoxy) is 1. The summed E-state index contributed by atoms with van der Waals surface area (Å²) in [6.45, 7) is 6.74. The van der Waals surface area contributed by atoms with Crippen LogP contribution in [-0.4, -0.2) is 24.1 Å². The van der Waals surface area contributed by atoms with Gasteiger partial charge in [-0.1, -0.05) is 97.6 Å². The van der Waals surface area contributed by atoms with E-state index < -0.39 is 0 Å². The molecule has 0 unspecified atom stereocenters. The third kappa shape index (κ3) is 5.02. The Labute approximate surface area is 190 Å². The van der Waals surface area contributed by atoms with Crippen LogP contribution in [-0.2, 0) is 23.3 Å². The predicted molar refractivity (Wildman–Crippen MR) is 128 cm³/mol. The number of likely N-dealkylation sites (tertiary alicyclic amines) is 1. The number of nitrogens with one attached hydrogen (secondary N) is 1. The molecule has 164 valence electrons. The first kappa shape index (κ1) is 21.7. The molecule has 1 fully saturated rings. The second kappa shape index (κ2) is 10.2. The standard InChI is InChI=1S/C28H30N2O2/c1-23(29-21-24-11-5-2-6-12-24)28(26-15-9-4-10-16-26)17-19-30(20-18-28)27(31)32-22-25-13-7-3-8-14-25/h2-16,29H,1,17-22H2. The average Bonchev–Trinajstić information content (AvgIpc) is 2.87. The fourth-order valence-corrected chi connectivity index (χ4v) is 4.38. The van der Waals surface area contributed by atoms with E-state index in [4.69, 9.17) is 4.74 Å². The summed E-state index contributed by atoms with van der Waals surface area (Å²) in [5.74, 6) is 0. The average molecular weight is 427 g/mol. The highest BCUT2D eigenvalue weighted by Crippen LogP contribution is 2.40. The van der Waals surface area contributed by atoms with Crippen molar-refractivity contribution in [2.75, 3.05) is 13.1 Å². The number of rotatable bonds is 7. The molecule has 1 saturated heterocycles. The Hall–Kier alpha value is -3.53. The van der Waals surface area contributed by atoms with E-state index in [1.165, 1.54) is 11.1 Å². The first-order valence-electron chi connectivity index (χ1n) is 11.2. The molecule has 3 aromatic rings. The summed E-state index contributed by atoms with van der Waals surface area (Å²) in [6, 6.07) is 30.6. The van der Waals surface area contributed by atoms with E-state index >= 15 is 0 Å². The van der Waals surface area contributed by atoms with Crippen LogP contribution in [0.5, 0.6) is 0 Å². The monoisotopic (exact) mass is 426 g/mol. The van der Waals surface area contributed by atoms with Crippen molar-refractivity contribution in [3.05, 3.63) is 120 Å². The van der Waals surface area contributed by atoms with Crippen molar-refractivity contribution in [3.63, 3.8) is 0 Å². The zero-order chi connectivity index (χ0) is 22.2. The fraction of sp³-hybridized carbons (Fsp3) is 0.250. The number of carbonyl (C=O) groups is 1. The second-order valence-electron chi connectivity index (χ2n) is 8.29. The molecule has 0 spiro atoms. The van der Waals surface area contributed by atoms with Gasteiger partial charge in [-0.3, -0.25) is 0 Å². The van der Waals surface area contributed by atoms with Crippen LogP contribution in [0.1, 0.15) is 29.5 Å². The van der Waals surface area contributed by atoms with E-state index in [0.717, 1.165) is 30.6 Å². The molecule has 0 radical (unpaired) electrons. The summed E-state index contributed by atoms with van der Waals surface area (Å²) in [5, 5.41) is 3.57. The lowest BCUT2D eigenvalue weighted by molar-refractivity contribution is 0.0803. The summed E-state index contributed by atoms with van der Waals surface area (Å²) < 4.78 is 5.56. The first-order valence-corrected chi connectivity index (χ1v) is 11.2. The zero-order valence-corrected chi connectivity index (χ0v) is 18.4. The number of allylic oxidation sites excluding steroid dienone is 1. The number of hydrogen-bond acceptors (Lipinski definition) is 3. The topological polar surface area (TPSA) is 41.6 Å². The van der Waals surface area contributed by atoms with Gasteiger partial charge < -0.3 is 15.0 Å². The predicted octanol–water partition coefficient (Wildman–Crippen LogP) is 5.66. The number of hydrogen-bond donors (Lipinski definition) is 1. The van der Waals surface area contributed by atoms with E-state index in [1.807, 2.05) is 59.5 Å². The van der Waals surface area contributed by atoms with Gasteiger partial charge in [0.1, 0.15) is 6.61 Å². The van der Waals surface area contributed by atoms with Gasteiger partial charge in [-0.15, -0.1) is 0 Å². The summed E-state index contributed by atoms with van der Waals surface area (Å²) in [4.78, 5) is 14.5. The van der Waals surface area contributed by atoms with Crippen molar-refractivity contribution in [3.8, 4) is 0 Å². The zero-order valence-electron chi connectivity index (χ0n) is 18.4. The van der Waals surface area contributed by atoms with Crippen LogP contribution in [0.25, 0.3) is 0 Å². The van der Waals surface area contributed by atoms with Crippen LogP contribution in [0.15, 0.2) is 103 Å². The van der Waals surface area contributed by atoms with E-state index in [0.29, 0.717) is 19.7 Å². The minimum Gasteiger partial charge on any atom is -0.445 e. The van der Waals surface area contributed by atoms with Crippen molar-refractivity contribution in [2.45, 2.75) is 31.4 Å². The molecule has 1 heterocycles. The summed E-state index contributed by atoms with van der Waals surface area (Å²) in [6.07, 6.45) is 1.36. The van der Waals surface area contributed by atoms with Crippen molar-refractivity contribution in [1.29, 1.82) is 0 Å². The number of amides is 1. The van der Waals surface area contributed by atoms with Gasteiger partial charge >= 0.3 is 6.09 Å². The van der Waals surface area contributed by atoms with Crippen LogP contribution in [0.2, 0.25) is 0 Å². The van der Waals surface area contributed by atoms with Gasteiger partial charge in [0.05, 0.1) is 0 Å². The molecule has 0 bridgehead atoms. The highest BCUT2D eigenvalue weighted by Gasteiger charge is 2.40. The van der Waals surface area contributed by atoms with Crippen LogP contribution in [0.4, 0.5) is 4.79 Å². The molecule has 3 aromatic carbocycles. The highest BCUT2D eigenvalue weighted by atomic mass is 16.6. The molecule has 1 aliphatic rings. The normalized spacial score (nSPS) is 15.1. The molecule has 0 aliphatic carbocycles. The SMILES string of the molecule is C=C(NCc1ccccc1)C1(c2ccccc2)CCN(C(=O)OCc2ccccc2)CC1. The highest BCUT2D eigenvalue weighted by molar-refractivity contribution is 5.68. The smallest absolute Gasteiger partial charge is 0.410 e. The number of carbonyl (C=O) groups excluding carboxylic acids is 1. The molecule has 0 saturated carbocycles. The molecule has 0 aromatic heterocycles. The Morgan fingerprint density at radius 1 is 0.844 bits per heavy atom. The van der Waals surface area contributed by atoms with Gasteiger partial charge in [0.2, 0.25) is 0 Å².